The van der Waals surface area contributed by atoms with Crippen LogP contribution in [0.15, 0.2) is 12.4 Å². The van der Waals surface area contributed by atoms with Gasteiger partial charge in [-0.3, -0.25) is 4.79 Å². The first kappa shape index (κ1) is 14.7. The van der Waals surface area contributed by atoms with Gasteiger partial charge in [0.15, 0.2) is 0 Å². The molecule has 0 bridgehead atoms. The minimum atomic E-state index is 0.349. The van der Waals surface area contributed by atoms with Crippen molar-refractivity contribution in [1.82, 2.24) is 14.9 Å². The summed E-state index contributed by atoms with van der Waals surface area (Å²) in [5.41, 5.74) is 0. The van der Waals surface area contributed by atoms with Crippen LogP contribution in [0.2, 0.25) is 0 Å². The quantitative estimate of drug-likeness (QED) is 0.921. The Morgan fingerprint density at radius 2 is 1.96 bits per heavy atom. The molecular formula is C17H25N5O. The van der Waals surface area contributed by atoms with Gasteiger partial charge in [0.05, 0.1) is 0 Å². The molecule has 3 heterocycles. The molecule has 1 aromatic rings. The second kappa shape index (κ2) is 6.34. The number of carbonyl (C=O) groups is 1. The molecule has 1 unspecified atom stereocenters. The van der Waals surface area contributed by atoms with Crippen molar-refractivity contribution in [3.63, 3.8) is 0 Å². The largest absolute Gasteiger partial charge is 0.367 e. The molecule has 23 heavy (non-hydrogen) atoms. The van der Waals surface area contributed by atoms with Crippen molar-refractivity contribution in [3.8, 4) is 0 Å². The molecule has 0 radical (unpaired) electrons. The van der Waals surface area contributed by atoms with Gasteiger partial charge in [-0.05, 0) is 38.5 Å². The Bertz CT molecular complexity index is 574. The maximum Gasteiger partial charge on any atom is 0.222 e. The van der Waals surface area contributed by atoms with Crippen molar-refractivity contribution in [1.29, 1.82) is 0 Å². The van der Waals surface area contributed by atoms with Crippen molar-refractivity contribution >= 4 is 17.5 Å². The van der Waals surface area contributed by atoms with Gasteiger partial charge in [-0.25, -0.2) is 9.97 Å². The lowest BCUT2D eigenvalue weighted by Gasteiger charge is -2.27. The van der Waals surface area contributed by atoms with E-state index < -0.39 is 0 Å². The number of carbonyl (C=O) groups excluding carboxylic acids is 1. The van der Waals surface area contributed by atoms with E-state index in [0.717, 1.165) is 63.4 Å². The Morgan fingerprint density at radius 1 is 1.04 bits per heavy atom. The molecule has 2 saturated heterocycles. The highest BCUT2D eigenvalue weighted by Gasteiger charge is 2.29. The van der Waals surface area contributed by atoms with Gasteiger partial charge >= 0.3 is 0 Å². The van der Waals surface area contributed by atoms with E-state index in [1.165, 1.54) is 12.8 Å². The molecule has 3 aliphatic rings. The monoisotopic (exact) mass is 315 g/mol. The molecule has 1 amide bonds. The van der Waals surface area contributed by atoms with Crippen LogP contribution in [0.5, 0.6) is 0 Å². The summed E-state index contributed by atoms with van der Waals surface area (Å²) < 4.78 is 0. The van der Waals surface area contributed by atoms with Gasteiger partial charge in [0.25, 0.3) is 0 Å². The first-order valence-electron chi connectivity index (χ1n) is 8.92. The smallest absolute Gasteiger partial charge is 0.222 e. The normalized spacial score (nSPS) is 25.6. The molecule has 6 heteroatoms. The predicted octanol–water partition coefficient (Wildman–Crippen LogP) is 2.03. The van der Waals surface area contributed by atoms with Crippen molar-refractivity contribution in [2.75, 3.05) is 29.9 Å². The summed E-state index contributed by atoms with van der Waals surface area (Å²) >= 11 is 0. The molecule has 124 valence electrons. The summed E-state index contributed by atoms with van der Waals surface area (Å²) in [6, 6.07) is 3.09. The van der Waals surface area contributed by atoms with Gasteiger partial charge < -0.3 is 15.1 Å². The first-order chi connectivity index (χ1) is 11.3. The standard InChI is InChI=1S/C17H25N5O/c23-17-4-2-9-22(17)14-3-1-8-21(10-7-14)16-11-15(18-12-19-16)20-13-5-6-13/h11-14H,1-10H2,(H,18,19,20). The van der Waals surface area contributed by atoms with E-state index in [-0.39, 0.29) is 0 Å². The van der Waals surface area contributed by atoms with Gasteiger partial charge in [0.2, 0.25) is 5.91 Å². The fraction of sp³-hybridized carbons (Fsp3) is 0.706. The van der Waals surface area contributed by atoms with Gasteiger partial charge in [-0.15, -0.1) is 0 Å². The van der Waals surface area contributed by atoms with Crippen LogP contribution in [-0.4, -0.2) is 52.5 Å². The number of aromatic nitrogens is 2. The number of amides is 1. The molecule has 3 fully saturated rings. The van der Waals surface area contributed by atoms with Crippen LogP contribution in [0.3, 0.4) is 0 Å². The van der Waals surface area contributed by atoms with Gasteiger partial charge in [-0.1, -0.05) is 0 Å². The third-order valence-electron chi connectivity index (χ3n) is 5.15. The summed E-state index contributed by atoms with van der Waals surface area (Å²) in [6.45, 7) is 2.93. The zero-order chi connectivity index (χ0) is 15.6. The molecule has 1 saturated carbocycles. The minimum absolute atomic E-state index is 0.349. The lowest BCUT2D eigenvalue weighted by atomic mass is 10.1. The third-order valence-corrected chi connectivity index (χ3v) is 5.15. The fourth-order valence-electron chi connectivity index (χ4n) is 3.71. The second-order valence-corrected chi connectivity index (χ2v) is 6.94. The first-order valence-corrected chi connectivity index (χ1v) is 8.92. The molecule has 2 aliphatic heterocycles. The number of anilines is 2. The minimum Gasteiger partial charge on any atom is -0.367 e. The molecule has 1 atom stereocenters. The third kappa shape index (κ3) is 3.41. The van der Waals surface area contributed by atoms with Crippen molar-refractivity contribution < 1.29 is 4.79 Å². The SMILES string of the molecule is O=C1CCCN1C1CCCN(c2cc(NC3CC3)ncn2)CC1. The van der Waals surface area contributed by atoms with Gasteiger partial charge in [0, 0.05) is 44.2 Å². The van der Waals surface area contributed by atoms with Crippen LogP contribution in [0.1, 0.15) is 44.9 Å². The lowest BCUT2D eigenvalue weighted by molar-refractivity contribution is -0.129. The van der Waals surface area contributed by atoms with Crippen molar-refractivity contribution in [2.45, 2.75) is 57.0 Å². The van der Waals surface area contributed by atoms with Crippen LogP contribution in [-0.2, 0) is 4.79 Å². The van der Waals surface area contributed by atoms with Gasteiger partial charge in [-0.2, -0.15) is 0 Å². The zero-order valence-corrected chi connectivity index (χ0v) is 13.6. The lowest BCUT2D eigenvalue weighted by Crippen LogP contribution is -2.37. The highest BCUT2D eigenvalue weighted by Crippen LogP contribution is 2.27. The molecule has 0 aromatic carbocycles. The molecule has 0 spiro atoms. The van der Waals surface area contributed by atoms with Crippen LogP contribution in [0.4, 0.5) is 11.6 Å². The van der Waals surface area contributed by atoms with Crippen LogP contribution < -0.4 is 10.2 Å². The molecule has 1 N–H and O–H groups in total. The number of likely N-dealkylation sites (tertiary alicyclic amines) is 1. The Hall–Kier alpha value is -1.85. The van der Waals surface area contributed by atoms with E-state index in [1.807, 2.05) is 0 Å². The van der Waals surface area contributed by atoms with E-state index >= 15 is 0 Å². The number of rotatable bonds is 4. The second-order valence-electron chi connectivity index (χ2n) is 6.94. The number of hydrogen-bond donors (Lipinski definition) is 1. The summed E-state index contributed by atoms with van der Waals surface area (Å²) in [4.78, 5) is 25.2. The molecule has 4 rings (SSSR count). The van der Waals surface area contributed by atoms with Crippen LogP contribution >= 0.6 is 0 Å². The summed E-state index contributed by atoms with van der Waals surface area (Å²) in [7, 11) is 0. The van der Waals surface area contributed by atoms with Crippen molar-refractivity contribution in [2.24, 2.45) is 0 Å². The van der Waals surface area contributed by atoms with E-state index in [0.29, 0.717) is 18.0 Å². The topological polar surface area (TPSA) is 61.4 Å². The Morgan fingerprint density at radius 3 is 2.74 bits per heavy atom. The fourth-order valence-corrected chi connectivity index (χ4v) is 3.71. The maximum atomic E-state index is 12.0. The molecule has 1 aliphatic carbocycles. The van der Waals surface area contributed by atoms with E-state index in [2.05, 4.69) is 31.2 Å². The zero-order valence-electron chi connectivity index (χ0n) is 13.6. The van der Waals surface area contributed by atoms with Crippen molar-refractivity contribution in [3.05, 3.63) is 12.4 Å². The molecule has 6 nitrogen and oxygen atoms in total. The molecule has 1 aromatic heterocycles. The number of hydrogen-bond acceptors (Lipinski definition) is 5. The van der Waals surface area contributed by atoms with E-state index in [4.69, 9.17) is 0 Å². The Labute approximate surface area is 137 Å². The van der Waals surface area contributed by atoms with Crippen LogP contribution in [0, 0.1) is 0 Å². The highest BCUT2D eigenvalue weighted by atomic mass is 16.2. The summed E-state index contributed by atoms with van der Waals surface area (Å²) in [5.74, 6) is 2.30. The number of nitrogens with zero attached hydrogens (tertiary/aromatic N) is 4. The van der Waals surface area contributed by atoms with E-state index in [1.54, 1.807) is 6.33 Å². The van der Waals surface area contributed by atoms with Crippen LogP contribution in [0.25, 0.3) is 0 Å². The predicted molar refractivity (Wildman–Crippen MR) is 89.5 cm³/mol. The highest BCUT2D eigenvalue weighted by molar-refractivity contribution is 5.78. The Balaban J connectivity index is 1.40. The van der Waals surface area contributed by atoms with Gasteiger partial charge in [0.1, 0.15) is 18.0 Å². The molecular weight excluding hydrogens is 290 g/mol. The number of nitrogens with one attached hydrogen (secondary N) is 1. The average molecular weight is 315 g/mol. The Kier molecular flexibility index (Phi) is 4.06. The van der Waals surface area contributed by atoms with E-state index in [9.17, 15) is 4.79 Å². The maximum absolute atomic E-state index is 12.0. The average Bonchev–Trinajstić information content (AvgIpc) is 3.32. The summed E-state index contributed by atoms with van der Waals surface area (Å²) in [5, 5.41) is 3.44. The summed E-state index contributed by atoms with van der Waals surface area (Å²) in [6.07, 6.45) is 9.19.